The third-order valence-electron chi connectivity index (χ3n) is 3.09. The summed E-state index contributed by atoms with van der Waals surface area (Å²) in [6.07, 6.45) is 1.69. The van der Waals surface area contributed by atoms with E-state index in [2.05, 4.69) is 28.9 Å². The van der Waals surface area contributed by atoms with E-state index >= 15 is 0 Å². The van der Waals surface area contributed by atoms with Crippen molar-refractivity contribution in [1.29, 1.82) is 0 Å². The van der Waals surface area contributed by atoms with Crippen molar-refractivity contribution < 1.29 is 4.79 Å². The van der Waals surface area contributed by atoms with Gasteiger partial charge in [-0.25, -0.2) is 4.79 Å². The average Bonchev–Trinajstić information content (AvgIpc) is 2.46. The van der Waals surface area contributed by atoms with E-state index in [1.165, 1.54) is 5.69 Å². The fraction of sp³-hybridized carbons (Fsp3) is 0.357. The molecule has 1 aromatic carbocycles. The molecule has 4 nitrogen and oxygen atoms in total. The molecular weight excluding hydrogens is 226 g/mol. The molecule has 0 saturated carbocycles. The fourth-order valence-electron chi connectivity index (χ4n) is 2.08. The number of nitrogens with zero attached hydrogens (tertiary/aromatic N) is 2. The largest absolute Gasteiger partial charge is 0.368 e. The van der Waals surface area contributed by atoms with Crippen LogP contribution in [0.4, 0.5) is 10.5 Å². The van der Waals surface area contributed by atoms with Crippen LogP contribution in [0.15, 0.2) is 43.0 Å². The van der Waals surface area contributed by atoms with Crippen LogP contribution in [-0.4, -0.2) is 43.7 Å². The molecule has 2 amide bonds. The Morgan fingerprint density at radius 2 is 1.89 bits per heavy atom. The van der Waals surface area contributed by atoms with Gasteiger partial charge in [0.2, 0.25) is 0 Å². The van der Waals surface area contributed by atoms with Crippen LogP contribution < -0.4 is 10.2 Å². The van der Waals surface area contributed by atoms with Gasteiger partial charge in [-0.3, -0.25) is 0 Å². The van der Waals surface area contributed by atoms with E-state index in [1.807, 2.05) is 23.1 Å². The number of urea groups is 1. The maximum Gasteiger partial charge on any atom is 0.317 e. The highest BCUT2D eigenvalue weighted by molar-refractivity contribution is 5.74. The molecule has 1 aromatic rings. The Bertz CT molecular complexity index is 397. The molecule has 2 rings (SSSR count). The number of hydrogen-bond acceptors (Lipinski definition) is 2. The van der Waals surface area contributed by atoms with Crippen molar-refractivity contribution >= 4 is 11.7 Å². The zero-order valence-electron chi connectivity index (χ0n) is 10.5. The maximum absolute atomic E-state index is 11.7. The number of hydrogen-bond donors (Lipinski definition) is 1. The van der Waals surface area contributed by atoms with E-state index in [4.69, 9.17) is 0 Å². The number of piperazine rings is 1. The quantitative estimate of drug-likeness (QED) is 0.823. The van der Waals surface area contributed by atoms with Crippen molar-refractivity contribution in [2.75, 3.05) is 37.6 Å². The molecule has 96 valence electrons. The summed E-state index contributed by atoms with van der Waals surface area (Å²) in [6.45, 7) is 7.40. The van der Waals surface area contributed by atoms with Crippen LogP contribution in [0.1, 0.15) is 0 Å². The summed E-state index contributed by atoms with van der Waals surface area (Å²) in [4.78, 5) is 15.9. The molecule has 1 aliphatic rings. The Balaban J connectivity index is 1.84. The van der Waals surface area contributed by atoms with E-state index in [9.17, 15) is 4.79 Å². The minimum absolute atomic E-state index is 0.00242. The van der Waals surface area contributed by atoms with Crippen LogP contribution in [0.3, 0.4) is 0 Å². The molecule has 0 atom stereocenters. The highest BCUT2D eigenvalue weighted by Gasteiger charge is 2.20. The third kappa shape index (κ3) is 3.03. The Kier molecular flexibility index (Phi) is 4.23. The highest BCUT2D eigenvalue weighted by Crippen LogP contribution is 2.15. The van der Waals surface area contributed by atoms with Gasteiger partial charge in [0, 0.05) is 38.4 Å². The van der Waals surface area contributed by atoms with Gasteiger partial charge in [0.05, 0.1) is 0 Å². The predicted molar refractivity (Wildman–Crippen MR) is 73.8 cm³/mol. The van der Waals surface area contributed by atoms with Gasteiger partial charge >= 0.3 is 6.03 Å². The second kappa shape index (κ2) is 6.10. The van der Waals surface area contributed by atoms with Crippen LogP contribution in [0.25, 0.3) is 0 Å². The molecule has 1 fully saturated rings. The van der Waals surface area contributed by atoms with Crippen molar-refractivity contribution in [3.63, 3.8) is 0 Å². The first-order valence-corrected chi connectivity index (χ1v) is 6.25. The maximum atomic E-state index is 11.7. The number of amides is 2. The zero-order valence-corrected chi connectivity index (χ0v) is 10.5. The van der Waals surface area contributed by atoms with Crippen molar-refractivity contribution in [2.24, 2.45) is 0 Å². The molecule has 0 bridgehead atoms. The summed E-state index contributed by atoms with van der Waals surface area (Å²) in [6, 6.07) is 10.3. The normalized spacial score (nSPS) is 15.3. The lowest BCUT2D eigenvalue weighted by molar-refractivity contribution is 0.195. The lowest BCUT2D eigenvalue weighted by Gasteiger charge is -2.36. The van der Waals surface area contributed by atoms with Crippen LogP contribution >= 0.6 is 0 Å². The SMILES string of the molecule is C=CCNC(=O)N1CCN(c2ccccc2)CC1. The van der Waals surface area contributed by atoms with Crippen LogP contribution in [0, 0.1) is 0 Å². The summed E-state index contributed by atoms with van der Waals surface area (Å²) in [5.41, 5.74) is 1.23. The van der Waals surface area contributed by atoms with Gasteiger partial charge in [-0.15, -0.1) is 6.58 Å². The number of rotatable bonds is 3. The molecule has 0 radical (unpaired) electrons. The van der Waals surface area contributed by atoms with Crippen LogP contribution in [0.2, 0.25) is 0 Å². The topological polar surface area (TPSA) is 35.6 Å². The summed E-state index contributed by atoms with van der Waals surface area (Å²) in [5, 5.41) is 2.81. The Labute approximate surface area is 108 Å². The van der Waals surface area contributed by atoms with E-state index in [-0.39, 0.29) is 6.03 Å². The summed E-state index contributed by atoms with van der Waals surface area (Å²) in [7, 11) is 0. The molecule has 0 aromatic heterocycles. The first-order valence-electron chi connectivity index (χ1n) is 6.25. The zero-order chi connectivity index (χ0) is 12.8. The molecule has 18 heavy (non-hydrogen) atoms. The van der Waals surface area contributed by atoms with Gasteiger partial charge in [0.15, 0.2) is 0 Å². The third-order valence-corrected chi connectivity index (χ3v) is 3.09. The highest BCUT2D eigenvalue weighted by atomic mass is 16.2. The fourth-order valence-corrected chi connectivity index (χ4v) is 2.08. The van der Waals surface area contributed by atoms with E-state index in [0.717, 1.165) is 26.2 Å². The van der Waals surface area contributed by atoms with Gasteiger partial charge in [-0.1, -0.05) is 24.3 Å². The number of benzene rings is 1. The van der Waals surface area contributed by atoms with Crippen molar-refractivity contribution in [3.05, 3.63) is 43.0 Å². The molecule has 1 saturated heterocycles. The molecule has 1 N–H and O–H groups in total. The van der Waals surface area contributed by atoms with Gasteiger partial charge < -0.3 is 15.1 Å². The Hall–Kier alpha value is -1.97. The summed E-state index contributed by atoms with van der Waals surface area (Å²) < 4.78 is 0. The lowest BCUT2D eigenvalue weighted by Crippen LogP contribution is -2.51. The van der Waals surface area contributed by atoms with Crippen molar-refractivity contribution in [1.82, 2.24) is 10.2 Å². The summed E-state index contributed by atoms with van der Waals surface area (Å²) >= 11 is 0. The first-order chi connectivity index (χ1) is 8.81. The average molecular weight is 245 g/mol. The molecule has 0 spiro atoms. The van der Waals surface area contributed by atoms with Crippen molar-refractivity contribution in [3.8, 4) is 0 Å². The predicted octanol–water partition coefficient (Wildman–Crippen LogP) is 1.70. The van der Waals surface area contributed by atoms with Crippen LogP contribution in [0.5, 0.6) is 0 Å². The smallest absolute Gasteiger partial charge is 0.317 e. The van der Waals surface area contributed by atoms with E-state index in [1.54, 1.807) is 6.08 Å². The Morgan fingerprint density at radius 1 is 1.22 bits per heavy atom. The van der Waals surface area contributed by atoms with E-state index < -0.39 is 0 Å². The van der Waals surface area contributed by atoms with Gasteiger partial charge in [-0.2, -0.15) is 0 Å². The standard InChI is InChI=1S/C14H19N3O/c1-2-8-15-14(18)17-11-9-16(10-12-17)13-6-4-3-5-7-13/h2-7H,1,8-12H2,(H,15,18). The number of carbonyl (C=O) groups excluding carboxylic acids is 1. The molecule has 4 heteroatoms. The lowest BCUT2D eigenvalue weighted by atomic mass is 10.2. The molecule has 0 unspecified atom stereocenters. The molecule has 1 heterocycles. The van der Waals surface area contributed by atoms with Gasteiger partial charge in [0.1, 0.15) is 0 Å². The number of nitrogens with one attached hydrogen (secondary N) is 1. The monoisotopic (exact) mass is 245 g/mol. The molecular formula is C14H19N3O. The number of anilines is 1. The van der Waals surface area contributed by atoms with Crippen LogP contribution in [-0.2, 0) is 0 Å². The summed E-state index contributed by atoms with van der Waals surface area (Å²) in [5.74, 6) is 0. The molecule has 0 aliphatic carbocycles. The number of carbonyl (C=O) groups is 1. The number of para-hydroxylation sites is 1. The first kappa shape index (κ1) is 12.5. The minimum atomic E-state index is 0.00242. The van der Waals surface area contributed by atoms with Gasteiger partial charge in [0.25, 0.3) is 0 Å². The second-order valence-corrected chi connectivity index (χ2v) is 4.28. The minimum Gasteiger partial charge on any atom is -0.368 e. The van der Waals surface area contributed by atoms with Gasteiger partial charge in [-0.05, 0) is 12.1 Å². The van der Waals surface area contributed by atoms with Crippen molar-refractivity contribution in [2.45, 2.75) is 0 Å². The second-order valence-electron chi connectivity index (χ2n) is 4.28. The molecule has 1 aliphatic heterocycles. The van der Waals surface area contributed by atoms with E-state index in [0.29, 0.717) is 6.54 Å². The Morgan fingerprint density at radius 3 is 2.50 bits per heavy atom.